The number of likely N-dealkylation sites (N-methyl/N-ethyl adjacent to an activating group) is 1. The Balaban J connectivity index is 1.93. The van der Waals surface area contributed by atoms with Crippen molar-refractivity contribution < 1.29 is 14.6 Å². The number of benzene rings is 2. The van der Waals surface area contributed by atoms with Crippen LogP contribution in [-0.4, -0.2) is 24.4 Å². The number of amides is 1. The van der Waals surface area contributed by atoms with Gasteiger partial charge in [-0.05, 0) is 18.1 Å². The monoisotopic (exact) mass is 328 g/mol. The molecule has 6 heteroatoms. The van der Waals surface area contributed by atoms with Gasteiger partial charge in [-0.15, -0.1) is 0 Å². The van der Waals surface area contributed by atoms with E-state index >= 15 is 0 Å². The normalized spacial score (nSPS) is 11.8. The number of para-hydroxylation sites is 2. The predicted octanol–water partition coefficient (Wildman–Crippen LogP) is 1.81. The lowest BCUT2D eigenvalue weighted by Gasteiger charge is -2.14. The summed E-state index contributed by atoms with van der Waals surface area (Å²) in [4.78, 5) is 23.6. The van der Waals surface area contributed by atoms with Gasteiger partial charge in [0.05, 0.1) is 12.0 Å². The number of nitro groups is 1. The van der Waals surface area contributed by atoms with Crippen LogP contribution in [-0.2, 0) is 17.8 Å². The molecule has 6 nitrogen and oxygen atoms in total. The average Bonchev–Trinajstić information content (AvgIpc) is 2.55. The minimum absolute atomic E-state index is 0.0985. The molecule has 0 saturated carbocycles. The fraction of sp³-hybridized carbons (Fsp3) is 0.278. The summed E-state index contributed by atoms with van der Waals surface area (Å²) in [5.74, 6) is -0.244. The molecule has 2 N–H and O–H groups in total. The summed E-state index contributed by atoms with van der Waals surface area (Å²) in [5, 5.41) is 13.6. The van der Waals surface area contributed by atoms with Crippen molar-refractivity contribution in [3.63, 3.8) is 0 Å². The number of carbonyl (C=O) groups excluding carboxylic acids is 1. The molecule has 0 aliphatic rings. The third-order valence-corrected chi connectivity index (χ3v) is 3.77. The third kappa shape index (κ3) is 4.89. The van der Waals surface area contributed by atoms with Crippen LogP contribution >= 0.6 is 0 Å². The molecular weight excluding hydrogens is 306 g/mol. The molecule has 0 aliphatic carbocycles. The number of hydrogen-bond acceptors (Lipinski definition) is 3. The lowest BCUT2D eigenvalue weighted by Crippen LogP contribution is -3.08. The number of aryl methyl sites for hydroxylation is 1. The van der Waals surface area contributed by atoms with Crippen LogP contribution in [0.3, 0.4) is 0 Å². The van der Waals surface area contributed by atoms with E-state index in [-0.39, 0.29) is 23.8 Å². The van der Waals surface area contributed by atoms with Gasteiger partial charge in [0.25, 0.3) is 11.6 Å². The van der Waals surface area contributed by atoms with Crippen LogP contribution in [0, 0.1) is 10.1 Å². The molecule has 2 aromatic carbocycles. The molecule has 2 aromatic rings. The summed E-state index contributed by atoms with van der Waals surface area (Å²) in [6.07, 6.45) is 1.00. The zero-order valence-corrected chi connectivity index (χ0v) is 13.9. The van der Waals surface area contributed by atoms with Crippen LogP contribution in [0.15, 0.2) is 48.5 Å². The Morgan fingerprint density at radius 2 is 1.75 bits per heavy atom. The highest BCUT2D eigenvalue weighted by atomic mass is 16.6. The average molecular weight is 328 g/mol. The molecule has 0 saturated heterocycles. The van der Waals surface area contributed by atoms with Gasteiger partial charge in [-0.3, -0.25) is 14.9 Å². The van der Waals surface area contributed by atoms with E-state index in [9.17, 15) is 14.9 Å². The van der Waals surface area contributed by atoms with E-state index in [4.69, 9.17) is 0 Å². The lowest BCUT2D eigenvalue weighted by molar-refractivity contribution is -0.885. The van der Waals surface area contributed by atoms with Crippen molar-refractivity contribution >= 4 is 17.3 Å². The van der Waals surface area contributed by atoms with Crippen molar-refractivity contribution in [3.05, 3.63) is 69.8 Å². The first kappa shape index (κ1) is 17.6. The first-order valence-corrected chi connectivity index (χ1v) is 7.92. The molecular formula is C18H22N3O3+. The quantitative estimate of drug-likeness (QED) is 0.601. The molecule has 1 unspecified atom stereocenters. The Hall–Kier alpha value is -2.73. The number of nitro benzene ring substituents is 1. The molecule has 0 spiro atoms. The standard InChI is InChI=1S/C18H21N3O3/c1-3-14-8-10-15(11-9-14)12-20(2)13-18(22)19-16-6-4-5-7-17(16)21(23)24/h4-11H,3,12-13H2,1-2H3,(H,19,22)/p+1. The number of rotatable bonds is 7. The second kappa shape index (κ2) is 8.21. The Labute approximate surface area is 141 Å². The zero-order valence-electron chi connectivity index (χ0n) is 13.9. The largest absolute Gasteiger partial charge is 0.326 e. The molecule has 126 valence electrons. The SMILES string of the molecule is CCc1ccc(C[NH+](C)CC(=O)Nc2ccccc2[N+](=O)[O-])cc1. The molecule has 24 heavy (non-hydrogen) atoms. The van der Waals surface area contributed by atoms with Crippen LogP contribution in [0.2, 0.25) is 0 Å². The molecule has 1 atom stereocenters. The van der Waals surface area contributed by atoms with Gasteiger partial charge in [0.1, 0.15) is 12.2 Å². The Kier molecular flexibility index (Phi) is 6.03. The number of nitrogens with zero attached hydrogens (tertiary/aromatic N) is 1. The maximum Gasteiger partial charge on any atom is 0.292 e. The van der Waals surface area contributed by atoms with E-state index in [1.165, 1.54) is 17.7 Å². The van der Waals surface area contributed by atoms with Crippen LogP contribution in [0.1, 0.15) is 18.1 Å². The summed E-state index contributed by atoms with van der Waals surface area (Å²) in [6, 6.07) is 14.5. The van der Waals surface area contributed by atoms with E-state index in [1.807, 2.05) is 7.05 Å². The van der Waals surface area contributed by atoms with E-state index in [1.54, 1.807) is 12.1 Å². The molecule has 0 aromatic heterocycles. The minimum atomic E-state index is -0.499. The first-order valence-electron chi connectivity index (χ1n) is 7.92. The molecule has 0 fully saturated rings. The van der Waals surface area contributed by atoms with Crippen LogP contribution in [0.25, 0.3) is 0 Å². The molecule has 1 amide bonds. The van der Waals surface area contributed by atoms with E-state index in [2.05, 4.69) is 36.5 Å². The Morgan fingerprint density at radius 3 is 2.38 bits per heavy atom. The number of hydrogen-bond donors (Lipinski definition) is 2. The van der Waals surface area contributed by atoms with Crippen LogP contribution < -0.4 is 10.2 Å². The second-order valence-electron chi connectivity index (χ2n) is 5.80. The summed E-state index contributed by atoms with van der Waals surface area (Å²) in [5.41, 5.74) is 2.57. The van der Waals surface area contributed by atoms with E-state index < -0.39 is 4.92 Å². The summed E-state index contributed by atoms with van der Waals surface area (Å²) < 4.78 is 0. The van der Waals surface area contributed by atoms with Gasteiger partial charge in [0.2, 0.25) is 0 Å². The van der Waals surface area contributed by atoms with E-state index in [0.717, 1.165) is 16.9 Å². The number of nitrogens with one attached hydrogen (secondary N) is 2. The number of carbonyl (C=O) groups is 1. The molecule has 0 bridgehead atoms. The van der Waals surface area contributed by atoms with Crippen molar-refractivity contribution in [3.8, 4) is 0 Å². The maximum atomic E-state index is 12.1. The summed E-state index contributed by atoms with van der Waals surface area (Å²) in [6.45, 7) is 3.06. The van der Waals surface area contributed by atoms with E-state index in [0.29, 0.717) is 6.54 Å². The Morgan fingerprint density at radius 1 is 1.12 bits per heavy atom. The number of anilines is 1. The maximum absolute atomic E-state index is 12.1. The zero-order chi connectivity index (χ0) is 17.5. The van der Waals surface area contributed by atoms with Gasteiger partial charge in [-0.1, -0.05) is 43.3 Å². The molecule has 0 aliphatic heterocycles. The van der Waals surface area contributed by atoms with Gasteiger partial charge in [-0.2, -0.15) is 0 Å². The Bertz CT molecular complexity index is 714. The third-order valence-electron chi connectivity index (χ3n) is 3.77. The molecule has 0 radical (unpaired) electrons. The van der Waals surface area contributed by atoms with Gasteiger partial charge in [0.15, 0.2) is 6.54 Å². The lowest BCUT2D eigenvalue weighted by atomic mass is 10.1. The topological polar surface area (TPSA) is 76.7 Å². The minimum Gasteiger partial charge on any atom is -0.326 e. The summed E-state index contributed by atoms with van der Waals surface area (Å²) >= 11 is 0. The van der Waals surface area contributed by atoms with Gasteiger partial charge in [0, 0.05) is 11.6 Å². The van der Waals surface area contributed by atoms with Crippen LogP contribution in [0.5, 0.6) is 0 Å². The van der Waals surface area contributed by atoms with Crippen molar-refractivity contribution in [2.24, 2.45) is 0 Å². The second-order valence-corrected chi connectivity index (χ2v) is 5.80. The highest BCUT2D eigenvalue weighted by Gasteiger charge is 2.17. The highest BCUT2D eigenvalue weighted by Crippen LogP contribution is 2.22. The van der Waals surface area contributed by atoms with Crippen LogP contribution in [0.4, 0.5) is 11.4 Å². The van der Waals surface area contributed by atoms with Crippen molar-refractivity contribution in [1.29, 1.82) is 0 Å². The van der Waals surface area contributed by atoms with Gasteiger partial charge in [-0.25, -0.2) is 0 Å². The highest BCUT2D eigenvalue weighted by molar-refractivity contribution is 5.93. The molecule has 0 heterocycles. The number of quaternary nitrogens is 1. The summed E-state index contributed by atoms with van der Waals surface area (Å²) in [7, 11) is 1.92. The van der Waals surface area contributed by atoms with Crippen molar-refractivity contribution in [2.45, 2.75) is 19.9 Å². The van der Waals surface area contributed by atoms with Crippen molar-refractivity contribution in [2.75, 3.05) is 18.9 Å². The first-order chi connectivity index (χ1) is 11.5. The van der Waals surface area contributed by atoms with Gasteiger partial charge >= 0.3 is 0 Å². The van der Waals surface area contributed by atoms with Crippen molar-refractivity contribution in [1.82, 2.24) is 0 Å². The fourth-order valence-electron chi connectivity index (χ4n) is 2.51. The van der Waals surface area contributed by atoms with Gasteiger partial charge < -0.3 is 10.2 Å². The fourth-order valence-corrected chi connectivity index (χ4v) is 2.51. The predicted molar refractivity (Wildman–Crippen MR) is 93.0 cm³/mol. The smallest absolute Gasteiger partial charge is 0.292 e. The molecule has 2 rings (SSSR count).